The van der Waals surface area contributed by atoms with Crippen molar-refractivity contribution in [1.29, 1.82) is 0 Å². The molecule has 0 bridgehead atoms. The van der Waals surface area contributed by atoms with E-state index in [4.69, 9.17) is 4.74 Å². The standard InChI is InChI=1S/C20H25N5O2/c1-5-6-16-11-19(24(3)23-16)20(26)22-14(2)15-12-21-25(13-15)17-7-9-18(27-4)10-8-17/h7-14H,5-6H2,1-4H3,(H,22,26). The van der Waals surface area contributed by atoms with Gasteiger partial charge in [-0.25, -0.2) is 4.68 Å². The van der Waals surface area contributed by atoms with E-state index < -0.39 is 0 Å². The molecule has 1 aromatic carbocycles. The number of aryl methyl sites for hydroxylation is 2. The van der Waals surface area contributed by atoms with E-state index in [1.165, 1.54) is 0 Å². The second-order valence-electron chi connectivity index (χ2n) is 6.51. The fourth-order valence-electron chi connectivity index (χ4n) is 2.91. The van der Waals surface area contributed by atoms with Crippen LogP contribution in [0.3, 0.4) is 0 Å². The van der Waals surface area contributed by atoms with Crippen LogP contribution in [0.1, 0.15) is 48.1 Å². The van der Waals surface area contributed by atoms with E-state index in [2.05, 4.69) is 22.4 Å². The van der Waals surface area contributed by atoms with Crippen LogP contribution in [0.15, 0.2) is 42.7 Å². The smallest absolute Gasteiger partial charge is 0.270 e. The largest absolute Gasteiger partial charge is 0.497 e. The van der Waals surface area contributed by atoms with Crippen LogP contribution in [0.2, 0.25) is 0 Å². The van der Waals surface area contributed by atoms with Gasteiger partial charge in [0.05, 0.1) is 30.7 Å². The molecule has 0 aliphatic rings. The molecule has 3 rings (SSSR count). The lowest BCUT2D eigenvalue weighted by atomic mass is 10.2. The summed E-state index contributed by atoms with van der Waals surface area (Å²) in [5.41, 5.74) is 3.35. The highest BCUT2D eigenvalue weighted by atomic mass is 16.5. The van der Waals surface area contributed by atoms with Crippen LogP contribution in [0.4, 0.5) is 0 Å². The van der Waals surface area contributed by atoms with Crippen molar-refractivity contribution in [2.24, 2.45) is 7.05 Å². The molecule has 1 amide bonds. The van der Waals surface area contributed by atoms with Gasteiger partial charge in [0.15, 0.2) is 0 Å². The molecule has 7 heteroatoms. The monoisotopic (exact) mass is 367 g/mol. The number of nitrogens with zero attached hydrogens (tertiary/aromatic N) is 4. The molecule has 0 spiro atoms. The summed E-state index contributed by atoms with van der Waals surface area (Å²) < 4.78 is 8.59. The molecule has 0 saturated heterocycles. The van der Waals surface area contributed by atoms with Gasteiger partial charge in [0.1, 0.15) is 11.4 Å². The molecule has 1 N–H and O–H groups in total. The number of nitrogens with one attached hydrogen (secondary N) is 1. The Labute approximate surface area is 159 Å². The predicted molar refractivity (Wildman–Crippen MR) is 103 cm³/mol. The van der Waals surface area contributed by atoms with Crippen LogP contribution in [0, 0.1) is 0 Å². The number of benzene rings is 1. The van der Waals surface area contributed by atoms with Crippen molar-refractivity contribution < 1.29 is 9.53 Å². The first-order chi connectivity index (χ1) is 13.0. The van der Waals surface area contributed by atoms with Crippen LogP contribution in [0.5, 0.6) is 5.75 Å². The Bertz CT molecular complexity index is 911. The molecule has 0 fully saturated rings. The first-order valence-corrected chi connectivity index (χ1v) is 9.04. The molecule has 2 heterocycles. The average Bonchev–Trinajstić information content (AvgIpc) is 3.29. The number of methoxy groups -OCH3 is 1. The van der Waals surface area contributed by atoms with Gasteiger partial charge in [0.25, 0.3) is 5.91 Å². The van der Waals surface area contributed by atoms with Crippen LogP contribution >= 0.6 is 0 Å². The molecule has 0 radical (unpaired) electrons. The lowest BCUT2D eigenvalue weighted by Gasteiger charge is -2.12. The van der Waals surface area contributed by atoms with E-state index in [1.807, 2.05) is 43.5 Å². The second kappa shape index (κ2) is 8.07. The Balaban J connectivity index is 1.70. The van der Waals surface area contributed by atoms with Crippen molar-refractivity contribution in [2.75, 3.05) is 7.11 Å². The zero-order valence-electron chi connectivity index (χ0n) is 16.1. The summed E-state index contributed by atoms with van der Waals surface area (Å²) >= 11 is 0. The van der Waals surface area contributed by atoms with Crippen LogP contribution < -0.4 is 10.1 Å². The van der Waals surface area contributed by atoms with Gasteiger partial charge < -0.3 is 10.1 Å². The number of carbonyl (C=O) groups is 1. The third kappa shape index (κ3) is 4.19. The molecule has 1 atom stereocenters. The number of hydrogen-bond donors (Lipinski definition) is 1. The molecule has 142 valence electrons. The van der Waals surface area contributed by atoms with Gasteiger partial charge in [-0.2, -0.15) is 10.2 Å². The van der Waals surface area contributed by atoms with Gasteiger partial charge >= 0.3 is 0 Å². The van der Waals surface area contributed by atoms with E-state index in [9.17, 15) is 4.79 Å². The Morgan fingerprint density at radius 2 is 2.04 bits per heavy atom. The third-order valence-electron chi connectivity index (χ3n) is 4.46. The Hall–Kier alpha value is -3.09. The molecular weight excluding hydrogens is 342 g/mol. The molecule has 0 saturated carbocycles. The van der Waals surface area contributed by atoms with Gasteiger partial charge in [-0.15, -0.1) is 0 Å². The van der Waals surface area contributed by atoms with E-state index >= 15 is 0 Å². The second-order valence-corrected chi connectivity index (χ2v) is 6.51. The van der Waals surface area contributed by atoms with Crippen molar-refractivity contribution >= 4 is 5.91 Å². The van der Waals surface area contributed by atoms with Crippen molar-refractivity contribution in [3.63, 3.8) is 0 Å². The number of ether oxygens (including phenoxy) is 1. The fraction of sp³-hybridized carbons (Fsp3) is 0.350. The number of aromatic nitrogens is 4. The van der Waals surface area contributed by atoms with Crippen molar-refractivity contribution in [3.05, 3.63) is 59.7 Å². The summed E-state index contributed by atoms with van der Waals surface area (Å²) in [6.45, 7) is 4.04. The molecule has 3 aromatic rings. The molecule has 7 nitrogen and oxygen atoms in total. The van der Waals surface area contributed by atoms with Gasteiger partial charge in [0.2, 0.25) is 0 Å². The zero-order valence-corrected chi connectivity index (χ0v) is 16.1. The summed E-state index contributed by atoms with van der Waals surface area (Å²) in [5.74, 6) is 0.655. The molecule has 27 heavy (non-hydrogen) atoms. The molecule has 0 aliphatic heterocycles. The number of rotatable bonds is 7. The average molecular weight is 367 g/mol. The highest BCUT2D eigenvalue weighted by molar-refractivity contribution is 5.92. The minimum Gasteiger partial charge on any atom is -0.497 e. The van der Waals surface area contributed by atoms with Crippen molar-refractivity contribution in [1.82, 2.24) is 24.9 Å². The summed E-state index contributed by atoms with van der Waals surface area (Å²) in [4.78, 5) is 12.6. The summed E-state index contributed by atoms with van der Waals surface area (Å²) in [7, 11) is 3.43. The molecule has 1 unspecified atom stereocenters. The van der Waals surface area contributed by atoms with Gasteiger partial charge in [-0.3, -0.25) is 9.48 Å². The summed E-state index contributed by atoms with van der Waals surface area (Å²) in [5, 5.41) is 11.8. The highest BCUT2D eigenvalue weighted by Crippen LogP contribution is 2.18. The van der Waals surface area contributed by atoms with Crippen molar-refractivity contribution in [2.45, 2.75) is 32.7 Å². The van der Waals surface area contributed by atoms with Crippen LogP contribution in [-0.2, 0) is 13.5 Å². The maximum absolute atomic E-state index is 12.6. The van der Waals surface area contributed by atoms with Gasteiger partial charge in [-0.05, 0) is 43.7 Å². The molecular formula is C20H25N5O2. The van der Waals surface area contributed by atoms with E-state index in [0.717, 1.165) is 35.5 Å². The minimum absolute atomic E-state index is 0.142. The number of hydrogen-bond acceptors (Lipinski definition) is 4. The van der Waals surface area contributed by atoms with E-state index in [0.29, 0.717) is 5.69 Å². The zero-order chi connectivity index (χ0) is 19.4. The molecule has 2 aromatic heterocycles. The maximum Gasteiger partial charge on any atom is 0.270 e. The first-order valence-electron chi connectivity index (χ1n) is 9.04. The number of carbonyl (C=O) groups excluding carboxylic acids is 1. The van der Waals surface area contributed by atoms with Crippen molar-refractivity contribution in [3.8, 4) is 11.4 Å². The van der Waals surface area contributed by atoms with Gasteiger partial charge in [-0.1, -0.05) is 13.3 Å². The van der Waals surface area contributed by atoms with Crippen LogP contribution in [0.25, 0.3) is 5.69 Å². The first kappa shape index (κ1) is 18.7. The van der Waals surface area contributed by atoms with E-state index in [-0.39, 0.29) is 11.9 Å². The quantitative estimate of drug-likeness (QED) is 0.696. The topological polar surface area (TPSA) is 74.0 Å². The van der Waals surface area contributed by atoms with E-state index in [1.54, 1.807) is 29.7 Å². The maximum atomic E-state index is 12.6. The van der Waals surface area contributed by atoms with Gasteiger partial charge in [0, 0.05) is 18.8 Å². The summed E-state index contributed by atoms with van der Waals surface area (Å²) in [6, 6.07) is 9.32. The molecule has 0 aliphatic carbocycles. The summed E-state index contributed by atoms with van der Waals surface area (Å²) in [6.07, 6.45) is 5.55. The Morgan fingerprint density at radius 3 is 2.70 bits per heavy atom. The Kier molecular flexibility index (Phi) is 5.59. The Morgan fingerprint density at radius 1 is 1.30 bits per heavy atom. The fourth-order valence-corrected chi connectivity index (χ4v) is 2.91. The van der Waals surface area contributed by atoms with Crippen LogP contribution in [-0.4, -0.2) is 32.6 Å². The third-order valence-corrected chi connectivity index (χ3v) is 4.46. The normalized spacial score (nSPS) is 12.0. The lowest BCUT2D eigenvalue weighted by molar-refractivity contribution is 0.0930. The number of amides is 1. The lowest BCUT2D eigenvalue weighted by Crippen LogP contribution is -2.28. The highest BCUT2D eigenvalue weighted by Gasteiger charge is 2.17. The SMILES string of the molecule is CCCc1cc(C(=O)NC(C)c2cnn(-c3ccc(OC)cc3)c2)n(C)n1. The predicted octanol–water partition coefficient (Wildman–Crippen LogP) is 3.06. The minimum atomic E-state index is -0.172.